The number of anilines is 1. The van der Waals surface area contributed by atoms with Crippen molar-refractivity contribution in [1.82, 2.24) is 4.90 Å². The lowest BCUT2D eigenvalue weighted by atomic mass is 10.1. The summed E-state index contributed by atoms with van der Waals surface area (Å²) in [5.74, 6) is -0.560. The monoisotopic (exact) mass is 384 g/mol. The molecule has 1 N–H and O–H groups in total. The lowest BCUT2D eigenvalue weighted by Crippen LogP contribution is -2.35. The van der Waals surface area contributed by atoms with Crippen LogP contribution in [-0.2, 0) is 16.0 Å². The number of amides is 2. The number of hydrogen-bond donors (Lipinski definition) is 1. The van der Waals surface area contributed by atoms with Gasteiger partial charge in [-0.25, -0.2) is 0 Å². The number of benzene rings is 2. The number of carbonyl (C=O) groups is 2. The molecule has 0 bridgehead atoms. The van der Waals surface area contributed by atoms with Gasteiger partial charge in [0.25, 0.3) is 0 Å². The molecule has 0 saturated heterocycles. The normalized spacial score (nSPS) is 10.3. The van der Waals surface area contributed by atoms with E-state index < -0.39 is 0 Å². The summed E-state index contributed by atoms with van der Waals surface area (Å²) in [7, 11) is 1.56. The van der Waals surface area contributed by atoms with E-state index in [1.165, 1.54) is 4.90 Å². The molecule has 0 unspecified atom stereocenters. The van der Waals surface area contributed by atoms with Crippen molar-refractivity contribution < 1.29 is 9.59 Å². The van der Waals surface area contributed by atoms with E-state index in [4.69, 9.17) is 34.8 Å². The van der Waals surface area contributed by atoms with Crippen LogP contribution < -0.4 is 5.32 Å². The molecule has 24 heavy (non-hydrogen) atoms. The first-order chi connectivity index (χ1) is 11.4. The molecule has 4 nitrogen and oxygen atoms in total. The number of hydrogen-bond acceptors (Lipinski definition) is 2. The fraction of sp³-hybridized carbons (Fsp3) is 0.176. The first kappa shape index (κ1) is 18.6. The highest BCUT2D eigenvalue weighted by atomic mass is 35.5. The van der Waals surface area contributed by atoms with Crippen LogP contribution in [0.2, 0.25) is 15.1 Å². The zero-order valence-electron chi connectivity index (χ0n) is 12.9. The number of carbonyl (C=O) groups excluding carboxylic acids is 2. The lowest BCUT2D eigenvalue weighted by molar-refractivity contribution is -0.132. The lowest BCUT2D eigenvalue weighted by Gasteiger charge is -2.17. The second-order valence-electron chi connectivity index (χ2n) is 5.20. The molecule has 7 heteroatoms. The summed E-state index contributed by atoms with van der Waals surface area (Å²) < 4.78 is 0. The van der Waals surface area contributed by atoms with E-state index in [1.807, 2.05) is 0 Å². The molecular weight excluding hydrogens is 371 g/mol. The number of nitrogens with one attached hydrogen (secondary N) is 1. The Hall–Kier alpha value is -1.75. The van der Waals surface area contributed by atoms with Crippen molar-refractivity contribution in [1.29, 1.82) is 0 Å². The third-order valence-corrected chi connectivity index (χ3v) is 4.18. The van der Waals surface area contributed by atoms with E-state index in [1.54, 1.807) is 49.5 Å². The molecule has 126 valence electrons. The Morgan fingerprint density at radius 3 is 2.17 bits per heavy atom. The van der Waals surface area contributed by atoms with E-state index in [0.717, 1.165) is 5.56 Å². The second kappa shape index (κ2) is 8.38. The third kappa shape index (κ3) is 5.13. The Morgan fingerprint density at radius 1 is 1.00 bits per heavy atom. The molecule has 0 aliphatic heterocycles. The molecule has 2 rings (SSSR count). The van der Waals surface area contributed by atoms with Gasteiger partial charge in [-0.15, -0.1) is 0 Å². The van der Waals surface area contributed by atoms with Crippen molar-refractivity contribution in [2.45, 2.75) is 6.42 Å². The van der Waals surface area contributed by atoms with Gasteiger partial charge < -0.3 is 10.2 Å². The Kier molecular flexibility index (Phi) is 6.49. The van der Waals surface area contributed by atoms with Gasteiger partial charge in [-0.3, -0.25) is 9.59 Å². The van der Waals surface area contributed by atoms with Gasteiger partial charge >= 0.3 is 0 Å². The first-order valence-corrected chi connectivity index (χ1v) is 8.22. The average molecular weight is 386 g/mol. The number of halogens is 3. The largest absolute Gasteiger partial charge is 0.336 e. The van der Waals surface area contributed by atoms with Crippen LogP contribution in [-0.4, -0.2) is 30.3 Å². The zero-order chi connectivity index (χ0) is 17.7. The van der Waals surface area contributed by atoms with Crippen LogP contribution in [0, 0.1) is 0 Å². The minimum Gasteiger partial charge on any atom is -0.336 e. The van der Waals surface area contributed by atoms with Crippen LogP contribution in [0.5, 0.6) is 0 Å². The predicted octanol–water partition coefficient (Wildman–Crippen LogP) is 4.29. The van der Waals surface area contributed by atoms with Crippen molar-refractivity contribution >= 4 is 52.3 Å². The highest BCUT2D eigenvalue weighted by molar-refractivity contribution is 6.39. The fourth-order valence-corrected chi connectivity index (χ4v) is 2.63. The molecule has 2 aromatic carbocycles. The van der Waals surface area contributed by atoms with Crippen LogP contribution in [0.15, 0.2) is 42.5 Å². The van der Waals surface area contributed by atoms with E-state index >= 15 is 0 Å². The van der Waals surface area contributed by atoms with Crippen LogP contribution in [0.4, 0.5) is 5.69 Å². The summed E-state index contributed by atoms with van der Waals surface area (Å²) in [6.07, 6.45) is 0.188. The van der Waals surface area contributed by atoms with Crippen molar-refractivity contribution in [2.24, 2.45) is 0 Å². The highest BCUT2D eigenvalue weighted by Crippen LogP contribution is 2.29. The summed E-state index contributed by atoms with van der Waals surface area (Å²) in [4.78, 5) is 25.6. The Labute approximate surface area is 155 Å². The minimum atomic E-state index is -0.378. The van der Waals surface area contributed by atoms with Crippen molar-refractivity contribution in [3.63, 3.8) is 0 Å². The number of nitrogens with zero attached hydrogens (tertiary/aromatic N) is 1. The van der Waals surface area contributed by atoms with Crippen LogP contribution in [0.25, 0.3) is 0 Å². The molecule has 0 spiro atoms. The van der Waals surface area contributed by atoms with Gasteiger partial charge in [-0.1, -0.05) is 53.0 Å². The maximum Gasteiger partial charge on any atom is 0.244 e. The van der Waals surface area contributed by atoms with Crippen LogP contribution in [0.1, 0.15) is 5.56 Å². The number of rotatable bonds is 5. The maximum atomic E-state index is 12.2. The number of para-hydroxylation sites is 1. The van der Waals surface area contributed by atoms with Gasteiger partial charge in [-0.2, -0.15) is 0 Å². The van der Waals surface area contributed by atoms with Gasteiger partial charge in [-0.05, 0) is 29.8 Å². The van der Waals surface area contributed by atoms with E-state index in [9.17, 15) is 9.59 Å². The van der Waals surface area contributed by atoms with Gasteiger partial charge in [0, 0.05) is 12.1 Å². The first-order valence-electron chi connectivity index (χ1n) is 7.09. The summed E-state index contributed by atoms with van der Waals surface area (Å²) in [5, 5.41) is 3.91. The summed E-state index contributed by atoms with van der Waals surface area (Å²) in [6.45, 7) is -0.103. The Bertz CT molecular complexity index is 728. The van der Waals surface area contributed by atoms with Crippen molar-refractivity contribution in [3.8, 4) is 0 Å². The zero-order valence-corrected chi connectivity index (χ0v) is 15.1. The molecule has 0 aliphatic rings. The van der Waals surface area contributed by atoms with Crippen LogP contribution >= 0.6 is 34.8 Å². The Balaban J connectivity index is 1.93. The van der Waals surface area contributed by atoms with E-state index in [-0.39, 0.29) is 24.8 Å². The van der Waals surface area contributed by atoms with Crippen LogP contribution in [0.3, 0.4) is 0 Å². The molecule has 0 fully saturated rings. The number of likely N-dealkylation sites (N-methyl/N-ethyl adjacent to an activating group) is 1. The summed E-state index contributed by atoms with van der Waals surface area (Å²) in [5.41, 5.74) is 1.16. The predicted molar refractivity (Wildman–Crippen MR) is 97.9 cm³/mol. The minimum absolute atomic E-state index is 0.103. The molecule has 0 radical (unpaired) electrons. The smallest absolute Gasteiger partial charge is 0.244 e. The molecule has 0 atom stereocenters. The van der Waals surface area contributed by atoms with E-state index in [2.05, 4.69) is 5.32 Å². The maximum absolute atomic E-state index is 12.2. The molecule has 2 amide bonds. The molecule has 0 aromatic heterocycles. The third-order valence-electron chi connectivity index (χ3n) is 3.30. The fourth-order valence-electron chi connectivity index (χ4n) is 2.01. The van der Waals surface area contributed by atoms with E-state index in [0.29, 0.717) is 20.8 Å². The van der Waals surface area contributed by atoms with Gasteiger partial charge in [0.15, 0.2) is 0 Å². The summed E-state index contributed by atoms with van der Waals surface area (Å²) in [6, 6.07) is 11.9. The average Bonchev–Trinajstić information content (AvgIpc) is 2.53. The molecule has 0 saturated carbocycles. The molecule has 2 aromatic rings. The standard InChI is InChI=1S/C17H15Cl3N2O2/c1-22(16(24)9-11-5-7-12(18)8-6-11)10-15(23)21-17-13(19)3-2-4-14(17)20/h2-8H,9-10H2,1H3,(H,21,23). The van der Waals surface area contributed by atoms with Crippen molar-refractivity contribution in [2.75, 3.05) is 18.9 Å². The van der Waals surface area contributed by atoms with Gasteiger partial charge in [0.1, 0.15) is 0 Å². The highest BCUT2D eigenvalue weighted by Gasteiger charge is 2.15. The van der Waals surface area contributed by atoms with Crippen molar-refractivity contribution in [3.05, 3.63) is 63.1 Å². The molecular formula is C17H15Cl3N2O2. The quantitative estimate of drug-likeness (QED) is 0.835. The molecule has 0 heterocycles. The SMILES string of the molecule is CN(CC(=O)Nc1c(Cl)cccc1Cl)C(=O)Cc1ccc(Cl)cc1. The van der Waals surface area contributed by atoms with Gasteiger partial charge in [0.05, 0.1) is 28.7 Å². The topological polar surface area (TPSA) is 49.4 Å². The summed E-state index contributed by atoms with van der Waals surface area (Å²) >= 11 is 17.8. The Morgan fingerprint density at radius 2 is 1.58 bits per heavy atom. The second-order valence-corrected chi connectivity index (χ2v) is 6.45. The molecule has 0 aliphatic carbocycles. The van der Waals surface area contributed by atoms with Gasteiger partial charge in [0.2, 0.25) is 11.8 Å².